The number of ether oxygens (including phenoxy) is 3. The molecule has 0 saturated heterocycles. The maximum atomic E-state index is 5.24. The van der Waals surface area contributed by atoms with Crippen molar-refractivity contribution in [3.8, 4) is 0 Å². The third-order valence-corrected chi connectivity index (χ3v) is 6.51. The normalized spacial score (nSPS) is 12.0. The summed E-state index contributed by atoms with van der Waals surface area (Å²) in [6.07, 6.45) is 4.74. The summed E-state index contributed by atoms with van der Waals surface area (Å²) in [6, 6.07) is 0. The van der Waals surface area contributed by atoms with Gasteiger partial charge in [0.1, 0.15) is 0 Å². The van der Waals surface area contributed by atoms with E-state index in [0.717, 1.165) is 12.8 Å². The van der Waals surface area contributed by atoms with Crippen molar-refractivity contribution in [1.29, 1.82) is 0 Å². The molecule has 0 unspecified atom stereocenters. The molecule has 0 bridgehead atoms. The van der Waals surface area contributed by atoms with Crippen molar-refractivity contribution < 1.29 is 14.2 Å². The van der Waals surface area contributed by atoms with E-state index in [2.05, 4.69) is 6.92 Å². The van der Waals surface area contributed by atoms with Gasteiger partial charge in [0.05, 0.1) is 0 Å². The average molecular weight is 323 g/mol. The summed E-state index contributed by atoms with van der Waals surface area (Å²) >= 11 is -0.116. The van der Waals surface area contributed by atoms with E-state index in [0.29, 0.717) is 0 Å². The SMILES string of the molecule is CCC[CH2][Sn][CH2]CCC(OC)(OC)OC. The molecule has 0 aromatic heterocycles. The van der Waals surface area contributed by atoms with Crippen LogP contribution in [0.1, 0.15) is 32.6 Å². The van der Waals surface area contributed by atoms with Gasteiger partial charge in [-0.3, -0.25) is 0 Å². The Labute approximate surface area is 104 Å². The van der Waals surface area contributed by atoms with Crippen LogP contribution < -0.4 is 0 Å². The Hall–Kier alpha value is 0.679. The Morgan fingerprint density at radius 1 is 0.933 bits per heavy atom. The van der Waals surface area contributed by atoms with Crippen molar-refractivity contribution in [2.45, 2.75) is 47.5 Å². The minimum absolute atomic E-state index is 0.116. The standard InChI is InChI=1S/C7H15O3.C4H9.Sn/c1-5-6-7(8-2,9-3)10-4;1-3-4-2;/h1,5-6H2,2-4H3;1,3-4H2,2H3;. The molecular formula is C11H24O3Sn. The Balaban J connectivity index is 3.54. The summed E-state index contributed by atoms with van der Waals surface area (Å²) in [5.74, 6) is -0.801. The Morgan fingerprint density at radius 3 is 1.93 bits per heavy atom. The van der Waals surface area contributed by atoms with Gasteiger partial charge in [-0.15, -0.1) is 0 Å². The van der Waals surface area contributed by atoms with Crippen LogP contribution in [0.4, 0.5) is 0 Å². The predicted molar refractivity (Wildman–Crippen MR) is 63.3 cm³/mol. The molecule has 0 atom stereocenters. The molecule has 0 heterocycles. The summed E-state index contributed by atoms with van der Waals surface area (Å²) in [6.45, 7) is 2.26. The third-order valence-electron chi connectivity index (χ3n) is 2.48. The van der Waals surface area contributed by atoms with E-state index in [1.807, 2.05) is 0 Å². The van der Waals surface area contributed by atoms with Crippen LogP contribution in [-0.4, -0.2) is 48.4 Å². The summed E-state index contributed by atoms with van der Waals surface area (Å²) in [5, 5.41) is 0. The number of hydrogen-bond acceptors (Lipinski definition) is 3. The van der Waals surface area contributed by atoms with Gasteiger partial charge in [-0.1, -0.05) is 0 Å². The first-order valence-corrected chi connectivity index (χ1v) is 9.64. The van der Waals surface area contributed by atoms with Crippen LogP contribution in [0, 0.1) is 0 Å². The van der Waals surface area contributed by atoms with Crippen LogP contribution in [0.15, 0.2) is 0 Å². The first kappa shape index (κ1) is 15.7. The molecule has 15 heavy (non-hydrogen) atoms. The van der Waals surface area contributed by atoms with Gasteiger partial charge >= 0.3 is 104 Å². The first-order valence-electron chi connectivity index (χ1n) is 5.60. The van der Waals surface area contributed by atoms with Gasteiger partial charge in [-0.05, 0) is 0 Å². The fraction of sp³-hybridized carbons (Fsp3) is 1.00. The zero-order valence-corrected chi connectivity index (χ0v) is 13.3. The van der Waals surface area contributed by atoms with Crippen LogP contribution in [-0.2, 0) is 14.2 Å². The van der Waals surface area contributed by atoms with Crippen LogP contribution >= 0.6 is 0 Å². The third kappa shape index (κ3) is 6.76. The molecule has 90 valence electrons. The van der Waals surface area contributed by atoms with E-state index in [-0.39, 0.29) is 21.1 Å². The molecule has 0 aromatic carbocycles. The van der Waals surface area contributed by atoms with E-state index >= 15 is 0 Å². The van der Waals surface area contributed by atoms with Gasteiger partial charge in [0.2, 0.25) is 0 Å². The fourth-order valence-electron chi connectivity index (χ4n) is 1.41. The van der Waals surface area contributed by atoms with Gasteiger partial charge in [0.25, 0.3) is 0 Å². The molecule has 4 heteroatoms. The van der Waals surface area contributed by atoms with E-state index in [1.54, 1.807) is 21.3 Å². The van der Waals surface area contributed by atoms with E-state index in [9.17, 15) is 0 Å². The molecule has 0 N–H and O–H groups in total. The van der Waals surface area contributed by atoms with E-state index < -0.39 is 5.97 Å². The molecule has 0 fully saturated rings. The van der Waals surface area contributed by atoms with Gasteiger partial charge in [0, 0.05) is 0 Å². The van der Waals surface area contributed by atoms with Crippen molar-refractivity contribution in [3.63, 3.8) is 0 Å². The molecule has 0 amide bonds. The molecule has 0 rings (SSSR count). The van der Waals surface area contributed by atoms with Gasteiger partial charge in [0.15, 0.2) is 0 Å². The van der Waals surface area contributed by atoms with Gasteiger partial charge in [-0.2, -0.15) is 0 Å². The van der Waals surface area contributed by atoms with Crippen molar-refractivity contribution in [2.75, 3.05) is 21.3 Å². The van der Waals surface area contributed by atoms with Crippen molar-refractivity contribution in [2.24, 2.45) is 0 Å². The van der Waals surface area contributed by atoms with E-state index in [1.165, 1.54) is 21.7 Å². The van der Waals surface area contributed by atoms with E-state index in [4.69, 9.17) is 14.2 Å². The molecule has 0 saturated carbocycles. The van der Waals surface area contributed by atoms with Gasteiger partial charge < -0.3 is 0 Å². The monoisotopic (exact) mass is 324 g/mol. The quantitative estimate of drug-likeness (QED) is 0.351. The molecule has 0 aliphatic rings. The van der Waals surface area contributed by atoms with Gasteiger partial charge in [-0.25, -0.2) is 0 Å². The molecular weight excluding hydrogens is 299 g/mol. The molecule has 0 aromatic rings. The van der Waals surface area contributed by atoms with Crippen molar-refractivity contribution in [1.82, 2.24) is 0 Å². The number of hydrogen-bond donors (Lipinski definition) is 0. The number of rotatable bonds is 10. The fourth-order valence-corrected chi connectivity index (χ4v) is 5.07. The first-order chi connectivity index (χ1) is 7.24. The second-order valence-corrected chi connectivity index (χ2v) is 7.78. The van der Waals surface area contributed by atoms with Crippen LogP contribution in [0.3, 0.4) is 0 Å². The topological polar surface area (TPSA) is 27.7 Å². The number of methoxy groups -OCH3 is 3. The van der Waals surface area contributed by atoms with Crippen molar-refractivity contribution >= 4 is 21.1 Å². The molecule has 0 spiro atoms. The van der Waals surface area contributed by atoms with Crippen LogP contribution in [0.5, 0.6) is 0 Å². The Bertz CT molecular complexity index is 130. The summed E-state index contributed by atoms with van der Waals surface area (Å²) in [4.78, 5) is 0. The molecule has 0 aliphatic carbocycles. The second-order valence-electron chi connectivity index (χ2n) is 3.50. The van der Waals surface area contributed by atoms with Crippen LogP contribution in [0.2, 0.25) is 8.87 Å². The maximum absolute atomic E-state index is 5.24. The van der Waals surface area contributed by atoms with Crippen LogP contribution in [0.25, 0.3) is 0 Å². The van der Waals surface area contributed by atoms with Crippen molar-refractivity contribution in [3.05, 3.63) is 0 Å². The zero-order chi connectivity index (χ0) is 11.6. The summed E-state index contributed by atoms with van der Waals surface area (Å²) < 4.78 is 18.6. The predicted octanol–water partition coefficient (Wildman–Crippen LogP) is 2.70. The Kier molecular flexibility index (Phi) is 10.3. The average Bonchev–Trinajstić information content (AvgIpc) is 2.29. The summed E-state index contributed by atoms with van der Waals surface area (Å²) in [7, 11) is 4.89. The molecule has 2 radical (unpaired) electrons. The molecule has 0 aliphatic heterocycles. The summed E-state index contributed by atoms with van der Waals surface area (Å²) in [5.41, 5.74) is 0. The minimum atomic E-state index is -0.801. The second kappa shape index (κ2) is 9.87. The zero-order valence-electron chi connectivity index (χ0n) is 10.5. The Morgan fingerprint density at radius 2 is 1.47 bits per heavy atom. The number of unbranched alkanes of at least 4 members (excludes halogenated alkanes) is 1. The molecule has 3 nitrogen and oxygen atoms in total.